The zero-order chi connectivity index (χ0) is 13.3. The van der Waals surface area contributed by atoms with Crippen LogP contribution in [0.4, 0.5) is 0 Å². The molecule has 98 valence electrons. The number of aromatic nitrogens is 3. The quantitative estimate of drug-likeness (QED) is 0.923. The molecule has 0 saturated carbocycles. The lowest BCUT2D eigenvalue weighted by molar-refractivity contribution is 0.507. The van der Waals surface area contributed by atoms with Crippen LogP contribution in [0, 0.1) is 13.8 Å². The number of rotatable bonds is 4. The van der Waals surface area contributed by atoms with Crippen LogP contribution >= 0.6 is 11.3 Å². The van der Waals surface area contributed by atoms with Crippen molar-refractivity contribution in [3.63, 3.8) is 0 Å². The number of nitrogens with zero attached hydrogens (tertiary/aromatic N) is 3. The van der Waals surface area contributed by atoms with Crippen LogP contribution in [0.5, 0.6) is 0 Å². The van der Waals surface area contributed by atoms with Crippen LogP contribution in [0.2, 0.25) is 0 Å². The second-order valence-electron chi connectivity index (χ2n) is 4.88. The third-order valence-electron chi connectivity index (χ3n) is 2.94. The molecule has 2 heterocycles. The van der Waals surface area contributed by atoms with Gasteiger partial charge in [-0.15, -0.1) is 11.3 Å². The molecule has 0 amide bonds. The topological polar surface area (TPSA) is 42.7 Å². The summed E-state index contributed by atoms with van der Waals surface area (Å²) < 4.78 is 2.05. The fourth-order valence-corrected chi connectivity index (χ4v) is 2.88. The number of aryl methyl sites for hydroxylation is 3. The predicted octanol–water partition coefficient (Wildman–Crippen LogP) is 2.58. The normalized spacial score (nSPS) is 13.2. The maximum absolute atomic E-state index is 4.68. The summed E-state index contributed by atoms with van der Waals surface area (Å²) in [5.41, 5.74) is 2.27. The van der Waals surface area contributed by atoms with Crippen LogP contribution in [-0.4, -0.2) is 20.6 Å². The Hall–Kier alpha value is -1.20. The highest BCUT2D eigenvalue weighted by Crippen LogP contribution is 2.27. The molecule has 0 bridgehead atoms. The fourth-order valence-electron chi connectivity index (χ4n) is 1.88. The maximum Gasteiger partial charge on any atom is 0.116 e. The third kappa shape index (κ3) is 2.62. The minimum absolute atomic E-state index is 0.120. The standard InChI is InChI=1S/C13H20N4S/c1-8(2)15-12(11-6-14-7-17(11)5)13-16-9(3)10(4)18-13/h6-8,12,15H,1-5H3. The minimum atomic E-state index is 0.120. The van der Waals surface area contributed by atoms with Crippen molar-refractivity contribution in [2.45, 2.75) is 39.8 Å². The first-order chi connectivity index (χ1) is 8.49. The van der Waals surface area contributed by atoms with E-state index in [1.165, 1.54) is 4.88 Å². The third-order valence-corrected chi connectivity index (χ3v) is 4.08. The molecule has 0 aliphatic carbocycles. The summed E-state index contributed by atoms with van der Waals surface area (Å²) in [6, 6.07) is 0.518. The van der Waals surface area contributed by atoms with Crippen molar-refractivity contribution in [2.75, 3.05) is 0 Å². The second-order valence-corrected chi connectivity index (χ2v) is 6.11. The van der Waals surface area contributed by atoms with E-state index in [0.717, 1.165) is 16.4 Å². The first-order valence-corrected chi connectivity index (χ1v) is 6.97. The van der Waals surface area contributed by atoms with Crippen molar-refractivity contribution in [1.29, 1.82) is 0 Å². The van der Waals surface area contributed by atoms with E-state index in [1.54, 1.807) is 11.3 Å². The van der Waals surface area contributed by atoms with Gasteiger partial charge in [-0.1, -0.05) is 0 Å². The molecule has 1 unspecified atom stereocenters. The minimum Gasteiger partial charge on any atom is -0.336 e. The predicted molar refractivity (Wildman–Crippen MR) is 74.9 cm³/mol. The highest BCUT2D eigenvalue weighted by molar-refractivity contribution is 7.11. The van der Waals surface area contributed by atoms with E-state index in [4.69, 9.17) is 0 Å². The van der Waals surface area contributed by atoms with Crippen LogP contribution in [0.25, 0.3) is 0 Å². The van der Waals surface area contributed by atoms with Crippen LogP contribution in [0.1, 0.15) is 41.2 Å². The Labute approximate surface area is 112 Å². The molecule has 0 aliphatic rings. The van der Waals surface area contributed by atoms with Crippen molar-refractivity contribution >= 4 is 11.3 Å². The average molecular weight is 264 g/mol. The molecule has 1 atom stereocenters. The summed E-state index contributed by atoms with van der Waals surface area (Å²) in [6.07, 6.45) is 3.74. The molecule has 2 rings (SSSR count). The summed E-state index contributed by atoms with van der Waals surface area (Å²) in [7, 11) is 2.02. The van der Waals surface area contributed by atoms with E-state index >= 15 is 0 Å². The molecule has 0 fully saturated rings. The van der Waals surface area contributed by atoms with Crippen molar-refractivity contribution < 1.29 is 0 Å². The van der Waals surface area contributed by atoms with Gasteiger partial charge in [0.15, 0.2) is 0 Å². The SMILES string of the molecule is Cc1nc(C(NC(C)C)c2cncn2C)sc1C. The van der Waals surface area contributed by atoms with Crippen molar-refractivity contribution in [3.05, 3.63) is 33.8 Å². The van der Waals surface area contributed by atoms with Gasteiger partial charge in [0.2, 0.25) is 0 Å². The van der Waals surface area contributed by atoms with Gasteiger partial charge in [-0.25, -0.2) is 9.97 Å². The van der Waals surface area contributed by atoms with Crippen molar-refractivity contribution in [3.8, 4) is 0 Å². The zero-order valence-electron chi connectivity index (χ0n) is 11.6. The van der Waals surface area contributed by atoms with Gasteiger partial charge >= 0.3 is 0 Å². The molecule has 2 aromatic heterocycles. The van der Waals surface area contributed by atoms with Crippen molar-refractivity contribution in [1.82, 2.24) is 19.9 Å². The molecule has 4 nitrogen and oxygen atoms in total. The molecule has 0 saturated heterocycles. The molecule has 1 N–H and O–H groups in total. The second kappa shape index (κ2) is 5.20. The summed E-state index contributed by atoms with van der Waals surface area (Å²) in [6.45, 7) is 8.48. The molecule has 0 radical (unpaired) electrons. The number of hydrogen-bond donors (Lipinski definition) is 1. The van der Waals surface area contributed by atoms with Crippen LogP contribution < -0.4 is 5.32 Å². The Balaban J connectivity index is 2.40. The zero-order valence-corrected chi connectivity index (χ0v) is 12.4. The van der Waals surface area contributed by atoms with Gasteiger partial charge in [-0.3, -0.25) is 0 Å². The Bertz CT molecular complexity index is 507. The molecule has 0 aliphatic heterocycles. The molecule has 0 aromatic carbocycles. The smallest absolute Gasteiger partial charge is 0.116 e. The van der Waals surface area contributed by atoms with Gasteiger partial charge in [0.25, 0.3) is 0 Å². The van der Waals surface area contributed by atoms with Crippen LogP contribution in [0.15, 0.2) is 12.5 Å². The van der Waals surface area contributed by atoms with E-state index in [9.17, 15) is 0 Å². The maximum atomic E-state index is 4.68. The van der Waals surface area contributed by atoms with Gasteiger partial charge in [-0.05, 0) is 27.7 Å². The Morgan fingerprint density at radius 1 is 1.33 bits per heavy atom. The lowest BCUT2D eigenvalue weighted by Gasteiger charge is -2.19. The number of thiazole rings is 1. The Morgan fingerprint density at radius 2 is 2.06 bits per heavy atom. The van der Waals surface area contributed by atoms with Crippen LogP contribution in [-0.2, 0) is 7.05 Å². The van der Waals surface area contributed by atoms with E-state index in [1.807, 2.05) is 24.1 Å². The summed E-state index contributed by atoms with van der Waals surface area (Å²) in [5.74, 6) is 0. The summed E-state index contributed by atoms with van der Waals surface area (Å²) in [4.78, 5) is 10.2. The monoisotopic (exact) mass is 264 g/mol. The lowest BCUT2D eigenvalue weighted by atomic mass is 10.2. The van der Waals surface area contributed by atoms with E-state index in [0.29, 0.717) is 6.04 Å². The number of imidazole rings is 1. The Morgan fingerprint density at radius 3 is 2.50 bits per heavy atom. The molecule has 18 heavy (non-hydrogen) atoms. The Kier molecular flexibility index (Phi) is 3.82. The van der Waals surface area contributed by atoms with E-state index < -0.39 is 0 Å². The lowest BCUT2D eigenvalue weighted by Crippen LogP contribution is -2.30. The summed E-state index contributed by atoms with van der Waals surface area (Å²) >= 11 is 1.76. The van der Waals surface area contributed by atoms with E-state index in [-0.39, 0.29) is 6.04 Å². The van der Waals surface area contributed by atoms with Gasteiger partial charge in [-0.2, -0.15) is 0 Å². The first kappa shape index (κ1) is 13.2. The van der Waals surface area contributed by atoms with Gasteiger partial charge in [0.05, 0.1) is 23.9 Å². The summed E-state index contributed by atoms with van der Waals surface area (Å²) in [5, 5.41) is 4.68. The largest absolute Gasteiger partial charge is 0.336 e. The molecule has 2 aromatic rings. The van der Waals surface area contributed by atoms with Gasteiger partial charge in [0.1, 0.15) is 11.0 Å². The molecular weight excluding hydrogens is 244 g/mol. The number of hydrogen-bond acceptors (Lipinski definition) is 4. The van der Waals surface area contributed by atoms with Gasteiger partial charge < -0.3 is 9.88 Å². The number of nitrogens with one attached hydrogen (secondary N) is 1. The fraction of sp³-hybridized carbons (Fsp3) is 0.538. The molecular formula is C13H20N4S. The molecule has 5 heteroatoms. The first-order valence-electron chi connectivity index (χ1n) is 6.15. The highest BCUT2D eigenvalue weighted by Gasteiger charge is 2.21. The van der Waals surface area contributed by atoms with Crippen molar-refractivity contribution in [2.24, 2.45) is 7.05 Å². The molecule has 0 spiro atoms. The van der Waals surface area contributed by atoms with E-state index in [2.05, 4.69) is 43.0 Å². The van der Waals surface area contributed by atoms with Gasteiger partial charge in [0, 0.05) is 18.0 Å². The highest BCUT2D eigenvalue weighted by atomic mass is 32.1. The van der Waals surface area contributed by atoms with Crippen LogP contribution in [0.3, 0.4) is 0 Å². The average Bonchev–Trinajstić information content (AvgIpc) is 2.83.